The van der Waals surface area contributed by atoms with Gasteiger partial charge in [-0.05, 0) is 34.0 Å². The Morgan fingerprint density at radius 1 is 0.939 bits per heavy atom. The normalized spacial score (nSPS) is 11.9. The molecule has 33 heavy (non-hydrogen) atoms. The van der Waals surface area contributed by atoms with Crippen LogP contribution in [0.3, 0.4) is 0 Å². The summed E-state index contributed by atoms with van der Waals surface area (Å²) < 4.78 is 17.7. The quantitative estimate of drug-likeness (QED) is 0.161. The van der Waals surface area contributed by atoms with E-state index in [1.165, 1.54) is 30.1 Å². The summed E-state index contributed by atoms with van der Waals surface area (Å²) in [4.78, 5) is 11.3. The van der Waals surface area contributed by atoms with Crippen LogP contribution in [0, 0.1) is 0 Å². The van der Waals surface area contributed by atoms with E-state index in [9.17, 15) is 4.79 Å². The Labute approximate surface area is 200 Å². The van der Waals surface area contributed by atoms with Crippen LogP contribution in [0.1, 0.15) is 46.0 Å². The summed E-state index contributed by atoms with van der Waals surface area (Å²) >= 11 is 0. The highest BCUT2D eigenvalue weighted by Gasteiger charge is 2.44. The molecule has 0 bridgehead atoms. The Hall–Kier alpha value is -2.47. The van der Waals surface area contributed by atoms with Crippen molar-refractivity contribution in [1.29, 1.82) is 0 Å². The third-order valence-electron chi connectivity index (χ3n) is 5.53. The molecule has 2 aromatic carbocycles. The van der Waals surface area contributed by atoms with Crippen LogP contribution in [-0.2, 0) is 18.7 Å². The maximum Gasteiger partial charge on any atom is 0.302 e. The summed E-state index contributed by atoms with van der Waals surface area (Å²) in [6, 6.07) is 21.0. The monoisotopic (exact) mass is 466 g/mol. The molecular formula is C28H38O4Si. The van der Waals surface area contributed by atoms with Crippen molar-refractivity contribution in [3.63, 3.8) is 0 Å². The third-order valence-corrected chi connectivity index (χ3v) is 9.77. The predicted molar refractivity (Wildman–Crippen MR) is 138 cm³/mol. The van der Waals surface area contributed by atoms with Crippen LogP contribution < -0.4 is 10.4 Å². The molecule has 0 saturated carbocycles. The van der Waals surface area contributed by atoms with Gasteiger partial charge in [-0.2, -0.15) is 0 Å². The topological polar surface area (TPSA) is 44.8 Å². The molecule has 0 spiro atoms. The largest absolute Gasteiger partial charge is 0.466 e. The van der Waals surface area contributed by atoms with Gasteiger partial charge in [-0.1, -0.05) is 99.5 Å². The van der Waals surface area contributed by atoms with Gasteiger partial charge >= 0.3 is 5.97 Å². The fourth-order valence-electron chi connectivity index (χ4n) is 4.02. The van der Waals surface area contributed by atoms with Gasteiger partial charge in [0.15, 0.2) is 0 Å². The van der Waals surface area contributed by atoms with Crippen LogP contribution in [0.15, 0.2) is 84.1 Å². The van der Waals surface area contributed by atoms with Crippen LogP contribution in [0.4, 0.5) is 0 Å². The molecule has 0 amide bonds. The molecule has 0 N–H and O–H groups in total. The minimum Gasteiger partial charge on any atom is -0.466 e. The average Bonchev–Trinajstić information content (AvgIpc) is 2.83. The lowest BCUT2D eigenvalue weighted by molar-refractivity contribution is -0.140. The minimum atomic E-state index is -2.87. The molecule has 0 heterocycles. The molecule has 0 atom stereocenters. The molecule has 2 aromatic rings. The van der Waals surface area contributed by atoms with Gasteiger partial charge in [0, 0.05) is 20.6 Å². The molecule has 0 aromatic heterocycles. The number of carbonyl (C=O) groups excluding carboxylic acids is 1. The smallest absolute Gasteiger partial charge is 0.302 e. The number of ether oxygens (including phenoxy) is 2. The molecule has 0 unspecified atom stereocenters. The second kappa shape index (κ2) is 14.6. The summed E-state index contributed by atoms with van der Waals surface area (Å²) in [6.07, 6.45) is 7.28. The van der Waals surface area contributed by atoms with E-state index >= 15 is 0 Å². The molecule has 4 nitrogen and oxygen atoms in total. The Morgan fingerprint density at radius 3 is 2.06 bits per heavy atom. The van der Waals surface area contributed by atoms with Crippen LogP contribution in [-0.4, -0.2) is 41.2 Å². The van der Waals surface area contributed by atoms with Gasteiger partial charge in [0.25, 0.3) is 8.32 Å². The van der Waals surface area contributed by atoms with E-state index in [2.05, 4.69) is 68.1 Å². The van der Waals surface area contributed by atoms with Crippen molar-refractivity contribution in [2.45, 2.75) is 46.0 Å². The van der Waals surface area contributed by atoms with Gasteiger partial charge in [-0.15, -0.1) is 0 Å². The summed E-state index contributed by atoms with van der Waals surface area (Å²) in [5.74, 6) is -0.275. The first-order chi connectivity index (χ1) is 16.1. The first-order valence-corrected chi connectivity index (χ1v) is 13.7. The zero-order chi connectivity index (χ0) is 23.9. The van der Waals surface area contributed by atoms with Gasteiger partial charge in [0.1, 0.15) is 0 Å². The zero-order valence-electron chi connectivity index (χ0n) is 20.3. The molecule has 0 aliphatic heterocycles. The molecule has 0 fully saturated rings. The Bertz CT molecular complexity index is 838. The minimum absolute atomic E-state index is 0.275. The maximum absolute atomic E-state index is 11.3. The van der Waals surface area contributed by atoms with E-state index in [4.69, 9.17) is 13.9 Å². The summed E-state index contributed by atoms with van der Waals surface area (Å²) in [7, 11) is -1.19. The van der Waals surface area contributed by atoms with Gasteiger partial charge < -0.3 is 13.9 Å². The highest BCUT2D eigenvalue weighted by molar-refractivity contribution is 7.03. The number of hydrogen-bond donors (Lipinski definition) is 0. The highest BCUT2D eigenvalue weighted by Crippen LogP contribution is 2.25. The van der Waals surface area contributed by atoms with Crippen molar-refractivity contribution in [2.24, 2.45) is 0 Å². The van der Waals surface area contributed by atoms with E-state index in [1.54, 1.807) is 7.11 Å². The maximum atomic E-state index is 11.3. The first kappa shape index (κ1) is 26.8. The lowest BCUT2D eigenvalue weighted by Gasteiger charge is -2.36. The lowest BCUT2D eigenvalue weighted by atomic mass is 10.2. The first-order valence-electron chi connectivity index (χ1n) is 11.8. The molecular weight excluding hydrogens is 428 g/mol. The van der Waals surface area contributed by atoms with Crippen LogP contribution in [0.5, 0.6) is 0 Å². The average molecular weight is 467 g/mol. The standard InChI is InChI=1S/C28H38O4Si/c1-5-6-7-14-22-32-33(26-16-10-8-11-17-26,27-18-12-9-13-19-27)28(24(2)23-30-4)20-15-21-31-25(3)29/h8-13,16-20H,2,5-7,14-15,21-23H2,1,3-4H3/b28-20-. The SMILES string of the molecule is C=C(COC)/C(=C/CCOC(C)=O)[Si](OCCCCCC)(c1ccccc1)c1ccccc1. The van der Waals surface area contributed by atoms with E-state index in [1.807, 2.05) is 12.1 Å². The number of unbranched alkanes of at least 4 members (excludes halogenated alkanes) is 3. The number of carbonyl (C=O) groups is 1. The Kier molecular flexibility index (Phi) is 11.9. The Morgan fingerprint density at radius 2 is 1.55 bits per heavy atom. The second-order valence-corrected chi connectivity index (χ2v) is 11.4. The number of methoxy groups -OCH3 is 1. The highest BCUT2D eigenvalue weighted by atomic mass is 28.4. The van der Waals surface area contributed by atoms with E-state index in [0.29, 0.717) is 26.2 Å². The van der Waals surface area contributed by atoms with Gasteiger partial charge in [-0.25, -0.2) is 0 Å². The van der Waals surface area contributed by atoms with E-state index in [0.717, 1.165) is 23.6 Å². The molecule has 178 valence electrons. The van der Waals surface area contributed by atoms with Crippen molar-refractivity contribution in [2.75, 3.05) is 26.9 Å². The molecule has 0 aliphatic carbocycles. The van der Waals surface area contributed by atoms with Crippen molar-refractivity contribution in [3.8, 4) is 0 Å². The fourth-order valence-corrected chi connectivity index (χ4v) is 8.24. The zero-order valence-corrected chi connectivity index (χ0v) is 21.3. The summed E-state index contributed by atoms with van der Waals surface area (Å²) in [5, 5.41) is 3.41. The number of hydrogen-bond acceptors (Lipinski definition) is 4. The number of benzene rings is 2. The number of rotatable bonds is 15. The fraction of sp³-hybridized carbons (Fsp3) is 0.393. The van der Waals surface area contributed by atoms with Gasteiger partial charge in [-0.3, -0.25) is 4.79 Å². The predicted octanol–water partition coefficient (Wildman–Crippen LogP) is 4.96. The van der Waals surface area contributed by atoms with Crippen LogP contribution in [0.25, 0.3) is 0 Å². The Balaban J connectivity index is 2.61. The molecule has 5 heteroatoms. The van der Waals surface area contributed by atoms with E-state index in [-0.39, 0.29) is 5.97 Å². The summed E-state index contributed by atoms with van der Waals surface area (Å²) in [5.41, 5.74) is 0.897. The second-order valence-electron chi connectivity index (χ2n) is 8.11. The molecule has 0 aliphatic rings. The van der Waals surface area contributed by atoms with Crippen LogP contribution in [0.2, 0.25) is 0 Å². The van der Waals surface area contributed by atoms with Gasteiger partial charge in [0.2, 0.25) is 0 Å². The van der Waals surface area contributed by atoms with Crippen molar-refractivity contribution in [3.05, 3.63) is 84.1 Å². The van der Waals surface area contributed by atoms with E-state index < -0.39 is 8.32 Å². The van der Waals surface area contributed by atoms with Crippen molar-refractivity contribution >= 4 is 24.7 Å². The third kappa shape index (κ3) is 7.81. The lowest BCUT2D eigenvalue weighted by Crippen LogP contribution is -2.63. The summed E-state index contributed by atoms with van der Waals surface area (Å²) in [6.45, 7) is 9.44. The molecule has 0 saturated heterocycles. The van der Waals surface area contributed by atoms with Crippen molar-refractivity contribution < 1.29 is 18.7 Å². The van der Waals surface area contributed by atoms with Crippen molar-refractivity contribution in [1.82, 2.24) is 0 Å². The van der Waals surface area contributed by atoms with Gasteiger partial charge in [0.05, 0.1) is 13.2 Å². The number of esters is 1. The molecule has 2 rings (SSSR count). The molecule has 0 radical (unpaired) electrons. The van der Waals surface area contributed by atoms with Crippen LogP contribution >= 0.6 is 0 Å².